The van der Waals surface area contributed by atoms with Crippen molar-refractivity contribution in [3.05, 3.63) is 122 Å². The van der Waals surface area contributed by atoms with Crippen molar-refractivity contribution in [3.8, 4) is 17.2 Å². The molecular formula is C33H25BrCl2N2O6. The van der Waals surface area contributed by atoms with E-state index in [1.165, 1.54) is 6.08 Å². The van der Waals surface area contributed by atoms with Crippen LogP contribution in [0.1, 0.15) is 23.6 Å². The van der Waals surface area contributed by atoms with Crippen molar-refractivity contribution in [1.29, 1.82) is 0 Å². The van der Waals surface area contributed by atoms with Crippen molar-refractivity contribution >= 4 is 68.7 Å². The standard InChI is InChI=1S/C33H25BrCl2N2O6/c1-2-42-29-17-22(16-28(36)30(29)44-19-21-4-3-5-24(35)14-21)15-27-31(39)37-33(41)38(32(27)40)25-10-12-26(13-11-25)43-18-20-6-8-23(34)9-7-20/h3-17H,2,18-19H2,1H3,(H,37,39,41)/b27-15+. The van der Waals surface area contributed by atoms with Crippen molar-refractivity contribution in [3.63, 3.8) is 0 Å². The van der Waals surface area contributed by atoms with E-state index in [-0.39, 0.29) is 22.9 Å². The summed E-state index contributed by atoms with van der Waals surface area (Å²) in [5.41, 5.74) is 2.22. The number of urea groups is 1. The molecule has 0 spiro atoms. The summed E-state index contributed by atoms with van der Waals surface area (Å²) >= 11 is 16.0. The Balaban J connectivity index is 1.35. The Morgan fingerprint density at radius 1 is 0.841 bits per heavy atom. The van der Waals surface area contributed by atoms with Crippen LogP contribution in [0.3, 0.4) is 0 Å². The molecule has 0 radical (unpaired) electrons. The average Bonchev–Trinajstić information content (AvgIpc) is 2.99. The van der Waals surface area contributed by atoms with Crippen LogP contribution >= 0.6 is 39.1 Å². The number of benzene rings is 4. The molecule has 4 aromatic carbocycles. The fourth-order valence-electron chi connectivity index (χ4n) is 4.35. The van der Waals surface area contributed by atoms with Gasteiger partial charge in [-0.1, -0.05) is 63.4 Å². The number of hydrogen-bond donors (Lipinski definition) is 1. The lowest BCUT2D eigenvalue weighted by atomic mass is 10.1. The first-order valence-electron chi connectivity index (χ1n) is 13.4. The van der Waals surface area contributed by atoms with Gasteiger partial charge in [-0.3, -0.25) is 14.9 Å². The first-order chi connectivity index (χ1) is 21.2. The maximum absolute atomic E-state index is 13.5. The Labute approximate surface area is 272 Å². The second-order valence-electron chi connectivity index (χ2n) is 9.55. The summed E-state index contributed by atoms with van der Waals surface area (Å²) in [6.07, 6.45) is 1.35. The average molecular weight is 696 g/mol. The molecule has 0 saturated carbocycles. The highest BCUT2D eigenvalue weighted by Crippen LogP contribution is 2.38. The summed E-state index contributed by atoms with van der Waals surface area (Å²) in [5.74, 6) is -0.457. The largest absolute Gasteiger partial charge is 0.490 e. The first kappa shape index (κ1) is 31.1. The van der Waals surface area contributed by atoms with Gasteiger partial charge in [0.05, 0.1) is 17.3 Å². The molecule has 0 aromatic heterocycles. The highest BCUT2D eigenvalue weighted by molar-refractivity contribution is 9.10. The van der Waals surface area contributed by atoms with E-state index in [4.69, 9.17) is 37.4 Å². The van der Waals surface area contributed by atoms with E-state index >= 15 is 0 Å². The molecule has 1 N–H and O–H groups in total. The van der Waals surface area contributed by atoms with Crippen LogP contribution in [0.25, 0.3) is 6.08 Å². The molecule has 1 aliphatic rings. The van der Waals surface area contributed by atoms with Gasteiger partial charge in [-0.15, -0.1) is 0 Å². The topological polar surface area (TPSA) is 94.2 Å². The van der Waals surface area contributed by atoms with E-state index in [1.54, 1.807) is 55.5 Å². The monoisotopic (exact) mass is 694 g/mol. The number of carbonyl (C=O) groups excluding carboxylic acids is 3. The number of anilines is 1. The number of imide groups is 2. The van der Waals surface area contributed by atoms with E-state index in [0.717, 1.165) is 20.5 Å². The van der Waals surface area contributed by atoms with Crippen LogP contribution in [0.4, 0.5) is 10.5 Å². The highest BCUT2D eigenvalue weighted by Gasteiger charge is 2.37. The van der Waals surface area contributed by atoms with Gasteiger partial charge >= 0.3 is 6.03 Å². The van der Waals surface area contributed by atoms with Crippen molar-refractivity contribution in [1.82, 2.24) is 5.32 Å². The van der Waals surface area contributed by atoms with Gasteiger partial charge in [0.2, 0.25) is 0 Å². The Morgan fingerprint density at radius 2 is 1.57 bits per heavy atom. The van der Waals surface area contributed by atoms with Crippen LogP contribution in [-0.4, -0.2) is 24.5 Å². The van der Waals surface area contributed by atoms with Crippen LogP contribution in [-0.2, 0) is 22.8 Å². The van der Waals surface area contributed by atoms with E-state index in [1.807, 2.05) is 36.4 Å². The van der Waals surface area contributed by atoms with Gasteiger partial charge in [0, 0.05) is 9.50 Å². The van der Waals surface area contributed by atoms with Crippen molar-refractivity contribution in [2.45, 2.75) is 20.1 Å². The summed E-state index contributed by atoms with van der Waals surface area (Å²) in [4.78, 5) is 39.9. The second kappa shape index (κ2) is 14.0. The highest BCUT2D eigenvalue weighted by atomic mass is 79.9. The van der Waals surface area contributed by atoms with Gasteiger partial charge in [-0.25, -0.2) is 9.69 Å². The van der Waals surface area contributed by atoms with Crippen LogP contribution in [0.15, 0.2) is 95.0 Å². The van der Waals surface area contributed by atoms with Crippen molar-refractivity contribution in [2.24, 2.45) is 0 Å². The predicted molar refractivity (Wildman–Crippen MR) is 172 cm³/mol. The van der Waals surface area contributed by atoms with Gasteiger partial charge in [-0.05, 0) is 90.4 Å². The van der Waals surface area contributed by atoms with Crippen molar-refractivity contribution < 1.29 is 28.6 Å². The minimum absolute atomic E-state index is 0.187. The molecule has 1 saturated heterocycles. The Hall–Kier alpha value is -4.31. The minimum Gasteiger partial charge on any atom is -0.490 e. The molecule has 0 bridgehead atoms. The van der Waals surface area contributed by atoms with E-state index in [2.05, 4.69) is 21.2 Å². The summed E-state index contributed by atoms with van der Waals surface area (Å²) < 4.78 is 18.5. The van der Waals surface area contributed by atoms with Crippen LogP contribution in [0, 0.1) is 0 Å². The number of halogens is 3. The van der Waals surface area contributed by atoms with E-state index in [0.29, 0.717) is 41.0 Å². The molecule has 1 fully saturated rings. The van der Waals surface area contributed by atoms with Gasteiger partial charge in [-0.2, -0.15) is 0 Å². The molecule has 1 heterocycles. The van der Waals surface area contributed by atoms with E-state index < -0.39 is 17.8 Å². The Kier molecular flexibility index (Phi) is 9.89. The smallest absolute Gasteiger partial charge is 0.335 e. The number of carbonyl (C=O) groups is 3. The molecule has 0 unspecified atom stereocenters. The molecule has 4 amide bonds. The SMILES string of the molecule is CCOc1cc(/C=C2\C(=O)NC(=O)N(c3ccc(OCc4ccc(Br)cc4)cc3)C2=O)cc(Cl)c1OCc1cccc(Cl)c1. The maximum atomic E-state index is 13.5. The zero-order valence-corrected chi connectivity index (χ0v) is 26.4. The molecule has 0 atom stereocenters. The Bertz CT molecular complexity index is 1740. The maximum Gasteiger partial charge on any atom is 0.335 e. The normalized spacial score (nSPS) is 14.0. The summed E-state index contributed by atoms with van der Waals surface area (Å²) in [6.45, 7) is 2.65. The fourth-order valence-corrected chi connectivity index (χ4v) is 5.10. The lowest BCUT2D eigenvalue weighted by Crippen LogP contribution is -2.54. The molecule has 4 aromatic rings. The number of hydrogen-bond acceptors (Lipinski definition) is 6. The third kappa shape index (κ3) is 7.42. The third-order valence-electron chi connectivity index (χ3n) is 6.43. The van der Waals surface area contributed by atoms with Crippen LogP contribution in [0.5, 0.6) is 17.2 Å². The molecule has 44 heavy (non-hydrogen) atoms. The number of ether oxygens (including phenoxy) is 3. The predicted octanol–water partition coefficient (Wildman–Crippen LogP) is 7.98. The number of barbiturate groups is 1. The molecular weight excluding hydrogens is 671 g/mol. The summed E-state index contributed by atoms with van der Waals surface area (Å²) in [5, 5.41) is 3.01. The lowest BCUT2D eigenvalue weighted by molar-refractivity contribution is -0.122. The number of rotatable bonds is 10. The molecule has 224 valence electrons. The minimum atomic E-state index is -0.863. The van der Waals surface area contributed by atoms with Crippen LogP contribution in [0.2, 0.25) is 10.0 Å². The number of nitrogens with zero attached hydrogens (tertiary/aromatic N) is 1. The first-order valence-corrected chi connectivity index (χ1v) is 15.0. The zero-order valence-electron chi connectivity index (χ0n) is 23.3. The molecule has 5 rings (SSSR count). The third-order valence-corrected chi connectivity index (χ3v) is 7.47. The quantitative estimate of drug-likeness (QED) is 0.134. The second-order valence-corrected chi connectivity index (χ2v) is 11.3. The lowest BCUT2D eigenvalue weighted by Gasteiger charge is -2.26. The van der Waals surface area contributed by atoms with E-state index in [9.17, 15) is 14.4 Å². The fraction of sp³-hybridized carbons (Fsp3) is 0.121. The Morgan fingerprint density at radius 3 is 2.27 bits per heavy atom. The summed E-state index contributed by atoms with van der Waals surface area (Å²) in [7, 11) is 0. The van der Waals surface area contributed by atoms with Gasteiger partial charge in [0.15, 0.2) is 11.5 Å². The van der Waals surface area contributed by atoms with Gasteiger partial charge < -0.3 is 14.2 Å². The number of amides is 4. The van der Waals surface area contributed by atoms with Gasteiger partial charge in [0.1, 0.15) is 24.5 Å². The van der Waals surface area contributed by atoms with Gasteiger partial charge in [0.25, 0.3) is 11.8 Å². The van der Waals surface area contributed by atoms with Crippen molar-refractivity contribution in [2.75, 3.05) is 11.5 Å². The molecule has 8 nitrogen and oxygen atoms in total. The van der Waals surface area contributed by atoms with Crippen LogP contribution < -0.4 is 24.4 Å². The zero-order chi connectivity index (χ0) is 31.2. The molecule has 0 aliphatic carbocycles. The molecule has 11 heteroatoms. The summed E-state index contributed by atoms with van der Waals surface area (Å²) in [6, 6.07) is 23.6. The molecule has 1 aliphatic heterocycles. The number of nitrogens with one attached hydrogen (secondary N) is 1.